The van der Waals surface area contributed by atoms with Crippen LogP contribution >= 0.6 is 0 Å². The average Bonchev–Trinajstić information content (AvgIpc) is 2.62. The molecule has 0 saturated carbocycles. The molecule has 0 spiro atoms. The van der Waals surface area contributed by atoms with Gasteiger partial charge in [-0.15, -0.1) is 0 Å². The number of carbonyl (C=O) groups is 1. The summed E-state index contributed by atoms with van der Waals surface area (Å²) < 4.78 is 6.83. The molecule has 0 bridgehead atoms. The summed E-state index contributed by atoms with van der Waals surface area (Å²) in [5.41, 5.74) is 1.10. The number of ether oxygens (including phenoxy) is 1. The first-order valence-electron chi connectivity index (χ1n) is 5.66. The summed E-state index contributed by atoms with van der Waals surface area (Å²) in [5.74, 6) is -0.190. The second kappa shape index (κ2) is 6.33. The van der Waals surface area contributed by atoms with E-state index in [2.05, 4.69) is 19.2 Å². The molecule has 0 aromatic carbocycles. The normalized spacial score (nSPS) is 10.8. The smallest absolute Gasteiger partial charge is 0.325 e. The zero-order valence-corrected chi connectivity index (χ0v) is 10.2. The lowest BCUT2D eigenvalue weighted by Crippen LogP contribution is -2.24. The number of esters is 1. The second-order valence-electron chi connectivity index (χ2n) is 3.97. The molecular formula is C12H20N2O2. The Bertz CT molecular complexity index is 332. The van der Waals surface area contributed by atoms with Gasteiger partial charge in [0.05, 0.1) is 6.61 Å². The fourth-order valence-electron chi connectivity index (χ4n) is 1.42. The number of nitrogens with one attached hydrogen (secondary N) is 1. The molecule has 1 aromatic rings. The Balaban J connectivity index is 2.53. The fourth-order valence-corrected chi connectivity index (χ4v) is 1.42. The summed E-state index contributed by atoms with van der Waals surface area (Å²) in [6.45, 7) is 7.49. The van der Waals surface area contributed by atoms with Gasteiger partial charge < -0.3 is 14.6 Å². The number of nitrogens with zero attached hydrogens (tertiary/aromatic N) is 1. The number of aromatic nitrogens is 1. The highest BCUT2D eigenvalue weighted by Gasteiger charge is 2.06. The third-order valence-corrected chi connectivity index (χ3v) is 2.22. The molecule has 0 aliphatic carbocycles. The average molecular weight is 224 g/mol. The van der Waals surface area contributed by atoms with Crippen molar-refractivity contribution in [2.24, 2.45) is 0 Å². The van der Waals surface area contributed by atoms with E-state index in [1.807, 2.05) is 29.8 Å². The van der Waals surface area contributed by atoms with E-state index >= 15 is 0 Å². The molecule has 0 radical (unpaired) electrons. The van der Waals surface area contributed by atoms with Crippen molar-refractivity contribution in [2.75, 3.05) is 6.61 Å². The van der Waals surface area contributed by atoms with Crippen molar-refractivity contribution in [3.8, 4) is 0 Å². The highest BCUT2D eigenvalue weighted by Crippen LogP contribution is 2.03. The molecule has 1 heterocycles. The summed E-state index contributed by atoms with van der Waals surface area (Å²) in [6, 6.07) is 4.39. The van der Waals surface area contributed by atoms with E-state index in [0.29, 0.717) is 12.6 Å². The predicted octanol–water partition coefficient (Wildman–Crippen LogP) is 1.55. The number of hydrogen-bond acceptors (Lipinski definition) is 3. The van der Waals surface area contributed by atoms with Crippen LogP contribution in [0.1, 0.15) is 26.5 Å². The third kappa shape index (κ3) is 4.06. The maximum Gasteiger partial charge on any atom is 0.325 e. The molecular weight excluding hydrogens is 204 g/mol. The van der Waals surface area contributed by atoms with Crippen LogP contribution in [0.2, 0.25) is 0 Å². The van der Waals surface area contributed by atoms with Crippen molar-refractivity contribution in [1.29, 1.82) is 0 Å². The molecule has 1 aromatic heterocycles. The Morgan fingerprint density at radius 2 is 2.31 bits per heavy atom. The van der Waals surface area contributed by atoms with Crippen molar-refractivity contribution in [3.05, 3.63) is 24.0 Å². The van der Waals surface area contributed by atoms with E-state index in [9.17, 15) is 4.79 Å². The first kappa shape index (κ1) is 12.8. The van der Waals surface area contributed by atoms with Crippen LogP contribution in [0.5, 0.6) is 0 Å². The van der Waals surface area contributed by atoms with Gasteiger partial charge in [-0.2, -0.15) is 0 Å². The molecule has 0 unspecified atom stereocenters. The van der Waals surface area contributed by atoms with Gasteiger partial charge in [0.2, 0.25) is 0 Å². The fraction of sp³-hybridized carbons (Fsp3) is 0.583. The maximum atomic E-state index is 11.3. The zero-order chi connectivity index (χ0) is 12.0. The van der Waals surface area contributed by atoms with Crippen molar-refractivity contribution in [1.82, 2.24) is 9.88 Å². The highest BCUT2D eigenvalue weighted by molar-refractivity contribution is 5.69. The van der Waals surface area contributed by atoms with Crippen LogP contribution in [0.3, 0.4) is 0 Å². The SMILES string of the molecule is CCOC(=O)Cn1cccc1CNC(C)C. The molecule has 0 atom stereocenters. The van der Waals surface area contributed by atoms with Crippen LogP contribution in [0.25, 0.3) is 0 Å². The Morgan fingerprint density at radius 1 is 1.56 bits per heavy atom. The van der Waals surface area contributed by atoms with Gasteiger partial charge in [0.15, 0.2) is 0 Å². The van der Waals surface area contributed by atoms with Gasteiger partial charge in [0, 0.05) is 24.5 Å². The van der Waals surface area contributed by atoms with Gasteiger partial charge in [-0.3, -0.25) is 4.79 Å². The van der Waals surface area contributed by atoms with Crippen molar-refractivity contribution in [2.45, 2.75) is 39.9 Å². The van der Waals surface area contributed by atoms with Crippen LogP contribution in [-0.2, 0) is 22.6 Å². The Kier molecular flexibility index (Phi) is 5.05. The van der Waals surface area contributed by atoms with Gasteiger partial charge in [0.1, 0.15) is 6.54 Å². The predicted molar refractivity (Wildman–Crippen MR) is 63.0 cm³/mol. The van der Waals surface area contributed by atoms with Gasteiger partial charge in [0.25, 0.3) is 0 Å². The monoisotopic (exact) mass is 224 g/mol. The lowest BCUT2D eigenvalue weighted by molar-refractivity contribution is -0.143. The van der Waals surface area contributed by atoms with E-state index in [0.717, 1.165) is 12.2 Å². The summed E-state index contributed by atoms with van der Waals surface area (Å²) in [4.78, 5) is 11.3. The second-order valence-corrected chi connectivity index (χ2v) is 3.97. The Hall–Kier alpha value is -1.29. The molecule has 1 rings (SSSR count). The minimum absolute atomic E-state index is 0.190. The standard InChI is InChI=1S/C12H20N2O2/c1-4-16-12(15)9-14-7-5-6-11(14)8-13-10(2)3/h5-7,10,13H,4,8-9H2,1-3H3. The number of rotatable bonds is 6. The van der Waals surface area contributed by atoms with Crippen LogP contribution in [0.4, 0.5) is 0 Å². The highest BCUT2D eigenvalue weighted by atomic mass is 16.5. The van der Waals surface area contributed by atoms with Crippen molar-refractivity contribution >= 4 is 5.97 Å². The van der Waals surface area contributed by atoms with E-state index in [-0.39, 0.29) is 12.5 Å². The van der Waals surface area contributed by atoms with Gasteiger partial charge in [-0.25, -0.2) is 0 Å². The number of carbonyl (C=O) groups excluding carboxylic acids is 1. The molecule has 0 fully saturated rings. The summed E-state index contributed by atoms with van der Waals surface area (Å²) in [6.07, 6.45) is 1.90. The minimum Gasteiger partial charge on any atom is -0.465 e. The van der Waals surface area contributed by atoms with Gasteiger partial charge in [-0.1, -0.05) is 13.8 Å². The first-order chi connectivity index (χ1) is 7.63. The summed E-state index contributed by atoms with van der Waals surface area (Å²) >= 11 is 0. The van der Waals surface area contributed by atoms with E-state index in [1.54, 1.807) is 0 Å². The molecule has 1 N–H and O–H groups in total. The zero-order valence-electron chi connectivity index (χ0n) is 10.2. The van der Waals surface area contributed by atoms with Crippen LogP contribution in [0.15, 0.2) is 18.3 Å². The van der Waals surface area contributed by atoms with Crippen LogP contribution in [0, 0.1) is 0 Å². The molecule has 90 valence electrons. The lowest BCUT2D eigenvalue weighted by Gasteiger charge is -2.11. The van der Waals surface area contributed by atoms with Crippen molar-refractivity contribution < 1.29 is 9.53 Å². The summed E-state index contributed by atoms with van der Waals surface area (Å²) in [7, 11) is 0. The van der Waals surface area contributed by atoms with Crippen LogP contribution in [-0.4, -0.2) is 23.2 Å². The van der Waals surface area contributed by atoms with E-state index in [4.69, 9.17) is 4.74 Å². The summed E-state index contributed by atoms with van der Waals surface area (Å²) in [5, 5.41) is 3.32. The van der Waals surface area contributed by atoms with Gasteiger partial charge in [-0.05, 0) is 19.1 Å². The van der Waals surface area contributed by atoms with Crippen LogP contribution < -0.4 is 5.32 Å². The molecule has 16 heavy (non-hydrogen) atoms. The molecule has 0 saturated heterocycles. The topological polar surface area (TPSA) is 43.3 Å². The molecule has 0 aliphatic rings. The maximum absolute atomic E-state index is 11.3. The van der Waals surface area contributed by atoms with Crippen molar-refractivity contribution in [3.63, 3.8) is 0 Å². The van der Waals surface area contributed by atoms with Gasteiger partial charge >= 0.3 is 5.97 Å². The molecule has 0 aliphatic heterocycles. The third-order valence-electron chi connectivity index (χ3n) is 2.22. The first-order valence-corrected chi connectivity index (χ1v) is 5.66. The molecule has 4 nitrogen and oxygen atoms in total. The Morgan fingerprint density at radius 3 is 2.94 bits per heavy atom. The molecule has 4 heteroatoms. The molecule has 0 amide bonds. The Labute approximate surface area is 96.6 Å². The largest absolute Gasteiger partial charge is 0.465 e. The van der Waals surface area contributed by atoms with E-state index < -0.39 is 0 Å². The van der Waals surface area contributed by atoms with E-state index in [1.165, 1.54) is 0 Å². The quantitative estimate of drug-likeness (QED) is 0.745. The lowest BCUT2D eigenvalue weighted by atomic mass is 10.3. The minimum atomic E-state index is -0.190. The number of hydrogen-bond donors (Lipinski definition) is 1.